The molecule has 118 valence electrons. The number of halogens is 4. The zero-order valence-corrected chi connectivity index (χ0v) is 13.1. The highest BCUT2D eigenvalue weighted by molar-refractivity contribution is 8.24. The maximum absolute atomic E-state index is 12.9. The molecule has 0 unspecified atom stereocenters. The Hall–Kier alpha value is -1.32. The van der Waals surface area contributed by atoms with Gasteiger partial charge in [0.15, 0.2) is 0 Å². The molecule has 4 nitrogen and oxygen atoms in total. The van der Waals surface area contributed by atoms with Gasteiger partial charge in [-0.15, -0.1) is 0 Å². The van der Waals surface area contributed by atoms with Crippen LogP contribution < -0.4 is 10.6 Å². The third kappa shape index (κ3) is 4.11. The lowest BCUT2D eigenvalue weighted by molar-refractivity contribution is -0.137. The second kappa shape index (κ2) is 6.43. The molecule has 0 radical (unpaired) electrons. The Kier molecular flexibility index (Phi) is 4.98. The molecule has 1 heterocycles. The van der Waals surface area contributed by atoms with Gasteiger partial charge in [0.1, 0.15) is 4.32 Å². The molecule has 1 aromatic rings. The molecule has 0 aliphatic carbocycles. The van der Waals surface area contributed by atoms with E-state index >= 15 is 0 Å². The van der Waals surface area contributed by atoms with Crippen molar-refractivity contribution < 1.29 is 22.8 Å². The van der Waals surface area contributed by atoms with Crippen molar-refractivity contribution in [3.05, 3.63) is 28.8 Å². The molecule has 22 heavy (non-hydrogen) atoms. The molecule has 1 aliphatic rings. The third-order valence-corrected chi connectivity index (χ3v) is 4.31. The van der Waals surface area contributed by atoms with Crippen LogP contribution in [0.25, 0.3) is 0 Å². The van der Waals surface area contributed by atoms with Gasteiger partial charge in [-0.2, -0.15) is 13.2 Å². The van der Waals surface area contributed by atoms with Crippen molar-refractivity contribution in [1.29, 1.82) is 0 Å². The summed E-state index contributed by atoms with van der Waals surface area (Å²) in [5, 5.41) is 3.67. The Bertz CT molecular complexity index is 652. The molecule has 2 rings (SSSR count). The Morgan fingerprint density at radius 3 is 2.68 bits per heavy atom. The predicted molar refractivity (Wildman–Crippen MR) is 81.8 cm³/mol. The van der Waals surface area contributed by atoms with Crippen molar-refractivity contribution in [2.75, 3.05) is 5.32 Å². The van der Waals surface area contributed by atoms with E-state index in [-0.39, 0.29) is 15.8 Å². The SMILES string of the molecule is O=C(C[C@H]1SC(=S)NC1=O)Nc1ccc(Cl)cc1C(F)(F)F. The van der Waals surface area contributed by atoms with Crippen molar-refractivity contribution in [1.82, 2.24) is 5.32 Å². The van der Waals surface area contributed by atoms with Crippen LogP contribution in [0.4, 0.5) is 18.9 Å². The number of anilines is 1. The molecule has 0 spiro atoms. The van der Waals surface area contributed by atoms with E-state index in [4.69, 9.17) is 23.8 Å². The molecular weight excluding hydrogens is 361 g/mol. The lowest BCUT2D eigenvalue weighted by Crippen LogP contribution is -2.28. The first kappa shape index (κ1) is 17.0. The zero-order valence-electron chi connectivity index (χ0n) is 10.7. The molecule has 1 aliphatic heterocycles. The minimum Gasteiger partial charge on any atom is -0.325 e. The monoisotopic (exact) mass is 368 g/mol. The van der Waals surface area contributed by atoms with E-state index in [0.717, 1.165) is 23.9 Å². The van der Waals surface area contributed by atoms with Crippen LogP contribution in [0.5, 0.6) is 0 Å². The number of rotatable bonds is 3. The largest absolute Gasteiger partial charge is 0.418 e. The lowest BCUT2D eigenvalue weighted by Gasteiger charge is -2.14. The molecule has 1 aromatic carbocycles. The lowest BCUT2D eigenvalue weighted by atomic mass is 10.1. The van der Waals surface area contributed by atoms with Crippen LogP contribution in [0.15, 0.2) is 18.2 Å². The predicted octanol–water partition coefficient (Wildman–Crippen LogP) is 3.20. The second-order valence-corrected chi connectivity index (χ2v) is 6.64. The number of hydrogen-bond donors (Lipinski definition) is 2. The van der Waals surface area contributed by atoms with E-state index in [1.54, 1.807) is 0 Å². The number of hydrogen-bond acceptors (Lipinski definition) is 4. The first-order chi connectivity index (χ1) is 10.2. The quantitative estimate of drug-likeness (QED) is 0.804. The van der Waals surface area contributed by atoms with Gasteiger partial charge in [0.2, 0.25) is 11.8 Å². The van der Waals surface area contributed by atoms with Crippen LogP contribution >= 0.6 is 35.6 Å². The van der Waals surface area contributed by atoms with Crippen LogP contribution in [-0.2, 0) is 15.8 Å². The standard InChI is InChI=1S/C12H8ClF3N2O2S2/c13-5-1-2-7(6(3-5)12(14,15)16)17-9(19)4-8-10(20)18-11(21)22-8/h1-3,8H,4H2,(H,17,19)(H,18,20,21)/t8-/m1/s1. The van der Waals surface area contributed by atoms with Gasteiger partial charge >= 0.3 is 6.18 Å². The number of carbonyl (C=O) groups is 2. The number of alkyl halides is 3. The van der Waals surface area contributed by atoms with Crippen LogP contribution in [0.2, 0.25) is 5.02 Å². The number of carbonyl (C=O) groups excluding carboxylic acids is 2. The van der Waals surface area contributed by atoms with Gasteiger partial charge in [-0.3, -0.25) is 9.59 Å². The van der Waals surface area contributed by atoms with Crippen LogP contribution in [0.1, 0.15) is 12.0 Å². The van der Waals surface area contributed by atoms with Crippen molar-refractivity contribution >= 4 is 57.4 Å². The average molecular weight is 369 g/mol. The summed E-state index contributed by atoms with van der Waals surface area (Å²) < 4.78 is 38.9. The number of benzene rings is 1. The van der Waals surface area contributed by atoms with Gasteiger partial charge in [-0.05, 0) is 18.2 Å². The van der Waals surface area contributed by atoms with Crippen molar-refractivity contribution in [3.8, 4) is 0 Å². The highest BCUT2D eigenvalue weighted by Gasteiger charge is 2.35. The molecule has 1 fully saturated rings. The topological polar surface area (TPSA) is 58.2 Å². The van der Waals surface area contributed by atoms with E-state index in [1.165, 1.54) is 6.07 Å². The van der Waals surface area contributed by atoms with Gasteiger partial charge in [0.05, 0.1) is 16.5 Å². The van der Waals surface area contributed by atoms with Crippen molar-refractivity contribution in [2.45, 2.75) is 17.8 Å². The minimum absolute atomic E-state index is 0.0959. The van der Waals surface area contributed by atoms with Gasteiger partial charge in [0, 0.05) is 11.4 Å². The Morgan fingerprint density at radius 2 is 2.14 bits per heavy atom. The molecule has 2 amide bonds. The molecule has 0 aromatic heterocycles. The molecule has 1 saturated heterocycles. The van der Waals surface area contributed by atoms with Crippen molar-refractivity contribution in [3.63, 3.8) is 0 Å². The number of amides is 2. The smallest absolute Gasteiger partial charge is 0.325 e. The highest BCUT2D eigenvalue weighted by Crippen LogP contribution is 2.36. The summed E-state index contributed by atoms with van der Waals surface area (Å²) in [6, 6.07) is 3.03. The average Bonchev–Trinajstić information content (AvgIpc) is 2.68. The molecule has 2 N–H and O–H groups in total. The summed E-state index contributed by atoms with van der Waals surface area (Å²) in [4.78, 5) is 23.3. The summed E-state index contributed by atoms with van der Waals surface area (Å²) in [7, 11) is 0. The molecule has 0 saturated carbocycles. The van der Waals surface area contributed by atoms with Crippen LogP contribution in [-0.4, -0.2) is 21.4 Å². The number of thiocarbonyl (C=S) groups is 1. The molecular formula is C12H8ClF3N2O2S2. The summed E-state index contributed by atoms with van der Waals surface area (Å²) in [6.07, 6.45) is -4.94. The van der Waals surface area contributed by atoms with E-state index in [2.05, 4.69) is 10.6 Å². The Balaban J connectivity index is 2.12. The second-order valence-electron chi connectivity index (χ2n) is 4.32. The molecule has 1 atom stereocenters. The highest BCUT2D eigenvalue weighted by atomic mass is 35.5. The van der Waals surface area contributed by atoms with Gasteiger partial charge in [-0.1, -0.05) is 35.6 Å². The molecule has 0 bridgehead atoms. The van der Waals surface area contributed by atoms with Gasteiger partial charge < -0.3 is 10.6 Å². The maximum atomic E-state index is 12.9. The van der Waals surface area contributed by atoms with E-state index in [9.17, 15) is 22.8 Å². The number of nitrogens with one attached hydrogen (secondary N) is 2. The summed E-state index contributed by atoms with van der Waals surface area (Å²) in [6.45, 7) is 0. The van der Waals surface area contributed by atoms with Crippen molar-refractivity contribution in [2.24, 2.45) is 0 Å². The molecule has 10 heteroatoms. The normalized spacial score (nSPS) is 18.3. The van der Waals surface area contributed by atoms with Gasteiger partial charge in [0.25, 0.3) is 0 Å². The fourth-order valence-corrected chi connectivity index (χ4v) is 3.20. The fourth-order valence-electron chi connectivity index (χ4n) is 1.76. The van der Waals surface area contributed by atoms with Crippen LogP contribution in [0.3, 0.4) is 0 Å². The first-order valence-corrected chi connectivity index (χ1v) is 7.51. The fraction of sp³-hybridized carbons (Fsp3) is 0.250. The minimum atomic E-state index is -4.66. The van der Waals surface area contributed by atoms with E-state index in [1.807, 2.05) is 0 Å². The number of thioether (sulfide) groups is 1. The van der Waals surface area contributed by atoms with E-state index in [0.29, 0.717) is 0 Å². The summed E-state index contributed by atoms with van der Waals surface area (Å²) in [5.74, 6) is -1.15. The Labute approximate surface area is 137 Å². The van der Waals surface area contributed by atoms with E-state index < -0.39 is 34.5 Å². The summed E-state index contributed by atoms with van der Waals surface area (Å²) >= 11 is 11.3. The maximum Gasteiger partial charge on any atom is 0.418 e. The first-order valence-electron chi connectivity index (χ1n) is 5.85. The third-order valence-electron chi connectivity index (χ3n) is 2.70. The van der Waals surface area contributed by atoms with Crippen LogP contribution in [0, 0.1) is 0 Å². The zero-order chi connectivity index (χ0) is 16.5. The summed E-state index contributed by atoms with van der Waals surface area (Å²) in [5.41, 5.74) is -1.46. The Morgan fingerprint density at radius 1 is 1.45 bits per heavy atom. The van der Waals surface area contributed by atoms with Gasteiger partial charge in [-0.25, -0.2) is 0 Å².